The van der Waals surface area contributed by atoms with Crippen LogP contribution in [0.2, 0.25) is 0 Å². The van der Waals surface area contributed by atoms with Gasteiger partial charge in [0.25, 0.3) is 0 Å². The second-order valence-electron chi connectivity index (χ2n) is 8.68. The summed E-state index contributed by atoms with van der Waals surface area (Å²) in [6.07, 6.45) is 4.33. The summed E-state index contributed by atoms with van der Waals surface area (Å²) in [5, 5.41) is 0. The molecule has 2 bridgehead atoms. The summed E-state index contributed by atoms with van der Waals surface area (Å²) < 4.78 is 0.809. The lowest BCUT2D eigenvalue weighted by molar-refractivity contribution is -0.125. The second-order valence-corrected chi connectivity index (χ2v) is 8.68. The largest absolute Gasteiger partial charge is 0.298 e. The first-order valence-corrected chi connectivity index (χ1v) is 8.26. The Morgan fingerprint density at radius 2 is 1.68 bits per heavy atom. The number of rotatable bonds is 2. The predicted octanol–water partition coefficient (Wildman–Crippen LogP) is 4.29. The fourth-order valence-corrected chi connectivity index (χ4v) is 4.29. The van der Waals surface area contributed by atoms with E-state index in [4.69, 9.17) is 0 Å². The lowest BCUT2D eigenvalue weighted by atomic mass is 9.70. The number of carbonyl (C=O) groups excluding carboxylic acids is 1. The quantitative estimate of drug-likeness (QED) is 0.588. The van der Waals surface area contributed by atoms with Gasteiger partial charge in [0.15, 0.2) is 5.78 Å². The van der Waals surface area contributed by atoms with Crippen LogP contribution in [0.5, 0.6) is 0 Å². The molecule has 1 aromatic rings. The molecule has 2 saturated carbocycles. The van der Waals surface area contributed by atoms with E-state index in [1.165, 1.54) is 5.69 Å². The Labute approximate surface area is 134 Å². The molecule has 0 amide bonds. The Kier molecular flexibility index (Phi) is 3.20. The minimum Gasteiger partial charge on any atom is -0.298 e. The summed E-state index contributed by atoms with van der Waals surface area (Å²) in [5.74, 6) is 0.799. The number of nitrogens with zero attached hydrogens (tertiary/aromatic N) is 1. The third-order valence-corrected chi connectivity index (χ3v) is 6.35. The number of carbonyl (C=O) groups is 1. The molecule has 2 aliphatic rings. The van der Waals surface area contributed by atoms with E-state index in [2.05, 4.69) is 72.3 Å². The summed E-state index contributed by atoms with van der Waals surface area (Å²) in [6.45, 7) is 6.70. The van der Waals surface area contributed by atoms with E-state index in [0.717, 1.165) is 28.5 Å². The van der Waals surface area contributed by atoms with E-state index in [0.29, 0.717) is 11.7 Å². The van der Waals surface area contributed by atoms with Crippen LogP contribution in [0.3, 0.4) is 0 Å². The zero-order chi connectivity index (χ0) is 16.3. The van der Waals surface area contributed by atoms with Gasteiger partial charge in [0.1, 0.15) is 5.69 Å². The zero-order valence-corrected chi connectivity index (χ0v) is 14.7. The highest BCUT2D eigenvalue weighted by atomic mass is 16.1. The number of ketones is 1. The van der Waals surface area contributed by atoms with E-state index < -0.39 is 0 Å². The molecule has 1 aromatic carbocycles. The summed E-state index contributed by atoms with van der Waals surface area (Å²) in [7, 11) is 6.49. The van der Waals surface area contributed by atoms with Crippen LogP contribution < -0.4 is 4.48 Å². The Morgan fingerprint density at radius 1 is 1.09 bits per heavy atom. The maximum atomic E-state index is 12.9. The summed E-state index contributed by atoms with van der Waals surface area (Å²) in [5.41, 5.74) is 3.40. The standard InChI is InChI=1S/C20H28NO/c1-19(2)17-11-12-20(19,3)18(22)16(17)13-14-7-9-15(10-8-14)21(4,5)6/h7-10,13,17H,11-12H2,1-6H3/q+1/b16-13+. The van der Waals surface area contributed by atoms with Crippen molar-refractivity contribution < 1.29 is 4.79 Å². The van der Waals surface area contributed by atoms with Crippen molar-refractivity contribution in [2.24, 2.45) is 16.7 Å². The molecule has 2 heteroatoms. The maximum absolute atomic E-state index is 12.9. The van der Waals surface area contributed by atoms with Crippen LogP contribution in [0.1, 0.15) is 39.2 Å². The van der Waals surface area contributed by atoms with Crippen molar-refractivity contribution in [2.45, 2.75) is 33.6 Å². The van der Waals surface area contributed by atoms with Gasteiger partial charge in [0, 0.05) is 5.41 Å². The van der Waals surface area contributed by atoms with Crippen molar-refractivity contribution in [1.82, 2.24) is 4.48 Å². The molecule has 0 heterocycles. The first-order chi connectivity index (χ1) is 10.1. The molecule has 2 fully saturated rings. The Morgan fingerprint density at radius 3 is 2.14 bits per heavy atom. The molecule has 2 nitrogen and oxygen atoms in total. The van der Waals surface area contributed by atoms with Crippen LogP contribution in [-0.4, -0.2) is 26.9 Å². The molecule has 0 N–H and O–H groups in total. The third kappa shape index (κ3) is 2.00. The second kappa shape index (κ2) is 4.55. The Hall–Kier alpha value is -1.41. The molecule has 0 radical (unpaired) electrons. The fraction of sp³-hybridized carbons (Fsp3) is 0.550. The van der Waals surface area contributed by atoms with Crippen LogP contribution in [0.4, 0.5) is 5.69 Å². The predicted molar refractivity (Wildman–Crippen MR) is 93.6 cm³/mol. The summed E-state index contributed by atoms with van der Waals surface area (Å²) in [4.78, 5) is 12.9. The molecule has 118 valence electrons. The number of benzene rings is 1. The molecule has 0 aromatic heterocycles. The third-order valence-electron chi connectivity index (χ3n) is 6.35. The molecular formula is C20H28NO+. The normalized spacial score (nSPS) is 32.0. The molecule has 3 rings (SSSR count). The minimum absolute atomic E-state index is 0.0954. The lowest BCUT2D eigenvalue weighted by Gasteiger charge is -2.31. The number of hydrogen-bond acceptors (Lipinski definition) is 1. The highest BCUT2D eigenvalue weighted by molar-refractivity contribution is 6.07. The summed E-state index contributed by atoms with van der Waals surface area (Å²) >= 11 is 0. The summed E-state index contributed by atoms with van der Waals surface area (Å²) in [6, 6.07) is 8.61. The Balaban J connectivity index is 1.96. The van der Waals surface area contributed by atoms with Crippen molar-refractivity contribution >= 4 is 17.5 Å². The first-order valence-electron chi connectivity index (χ1n) is 8.26. The monoisotopic (exact) mass is 298 g/mol. The molecule has 2 unspecified atom stereocenters. The number of fused-ring (bicyclic) bond motifs is 2. The number of quaternary nitrogens is 1. The molecule has 22 heavy (non-hydrogen) atoms. The van der Waals surface area contributed by atoms with Crippen LogP contribution in [0.25, 0.3) is 6.08 Å². The van der Waals surface area contributed by atoms with Gasteiger partial charge in [-0.3, -0.25) is 9.28 Å². The lowest BCUT2D eigenvalue weighted by Crippen LogP contribution is -2.34. The smallest absolute Gasteiger partial charge is 0.165 e. The maximum Gasteiger partial charge on any atom is 0.165 e. The molecule has 0 aliphatic heterocycles. The number of hydrogen-bond donors (Lipinski definition) is 0. The van der Waals surface area contributed by atoms with Gasteiger partial charge in [-0.15, -0.1) is 0 Å². The zero-order valence-electron chi connectivity index (χ0n) is 14.7. The highest BCUT2D eigenvalue weighted by Crippen LogP contribution is 2.65. The van der Waals surface area contributed by atoms with Crippen LogP contribution in [0, 0.1) is 16.7 Å². The number of Topliss-reactive ketones (excluding diaryl/α,β-unsaturated/α-hetero) is 1. The molecular weight excluding hydrogens is 270 g/mol. The number of allylic oxidation sites excluding steroid dienone is 1. The molecule has 2 aliphatic carbocycles. The van der Waals surface area contributed by atoms with E-state index >= 15 is 0 Å². The van der Waals surface area contributed by atoms with Gasteiger partial charge in [-0.1, -0.05) is 20.8 Å². The van der Waals surface area contributed by atoms with Gasteiger partial charge in [0.2, 0.25) is 0 Å². The van der Waals surface area contributed by atoms with Crippen LogP contribution in [-0.2, 0) is 4.79 Å². The van der Waals surface area contributed by atoms with E-state index in [-0.39, 0.29) is 10.8 Å². The molecule has 0 saturated heterocycles. The van der Waals surface area contributed by atoms with E-state index in [1.54, 1.807) is 0 Å². The fourth-order valence-electron chi connectivity index (χ4n) is 4.29. The van der Waals surface area contributed by atoms with Gasteiger partial charge in [-0.2, -0.15) is 0 Å². The first kappa shape index (κ1) is 15.5. The van der Waals surface area contributed by atoms with Gasteiger partial charge in [-0.25, -0.2) is 0 Å². The van der Waals surface area contributed by atoms with Crippen molar-refractivity contribution in [3.05, 3.63) is 35.4 Å². The topological polar surface area (TPSA) is 17.1 Å². The highest BCUT2D eigenvalue weighted by Gasteiger charge is 2.63. The molecule has 2 atom stereocenters. The van der Waals surface area contributed by atoms with Crippen molar-refractivity contribution in [3.8, 4) is 0 Å². The van der Waals surface area contributed by atoms with Crippen molar-refractivity contribution in [2.75, 3.05) is 21.1 Å². The van der Waals surface area contributed by atoms with Crippen molar-refractivity contribution in [1.29, 1.82) is 0 Å². The van der Waals surface area contributed by atoms with Gasteiger partial charge < -0.3 is 0 Å². The van der Waals surface area contributed by atoms with Crippen molar-refractivity contribution in [3.63, 3.8) is 0 Å². The van der Waals surface area contributed by atoms with Gasteiger partial charge in [-0.05, 0) is 65.7 Å². The minimum atomic E-state index is -0.161. The average Bonchev–Trinajstić information content (AvgIpc) is 2.73. The van der Waals surface area contributed by atoms with E-state index in [1.807, 2.05) is 0 Å². The van der Waals surface area contributed by atoms with Gasteiger partial charge >= 0.3 is 0 Å². The SMILES string of the molecule is CC12CCC(/C(=C\c3ccc([N+](C)(C)C)cc3)C1=O)C2(C)C. The van der Waals surface area contributed by atoms with Crippen LogP contribution in [0.15, 0.2) is 29.8 Å². The molecule has 0 spiro atoms. The van der Waals surface area contributed by atoms with Gasteiger partial charge in [0.05, 0.1) is 21.1 Å². The Bertz CT molecular complexity index is 645. The van der Waals surface area contributed by atoms with E-state index in [9.17, 15) is 4.79 Å². The average molecular weight is 298 g/mol. The van der Waals surface area contributed by atoms with Crippen LogP contribution >= 0.6 is 0 Å².